The number of hydrogen-bond acceptors (Lipinski definition) is 2. The van der Waals surface area contributed by atoms with E-state index in [9.17, 15) is 4.79 Å². The molecule has 1 amide bonds. The minimum absolute atomic E-state index is 0.00930. The average molecular weight is 273 g/mol. The lowest BCUT2D eigenvalue weighted by Crippen LogP contribution is -2.25. The van der Waals surface area contributed by atoms with Crippen LogP contribution in [0.2, 0.25) is 10.0 Å². The van der Waals surface area contributed by atoms with Gasteiger partial charge < -0.3 is 10.6 Å². The zero-order valence-corrected chi connectivity index (χ0v) is 11.0. The average Bonchev–Trinajstić information content (AvgIpc) is 2.42. The van der Waals surface area contributed by atoms with E-state index in [-0.39, 0.29) is 11.8 Å². The van der Waals surface area contributed by atoms with Crippen LogP contribution < -0.4 is 10.6 Å². The van der Waals surface area contributed by atoms with Crippen LogP contribution in [0.15, 0.2) is 12.1 Å². The van der Waals surface area contributed by atoms with Gasteiger partial charge in [0.05, 0.1) is 27.3 Å². The normalized spacial score (nSPS) is 19.0. The summed E-state index contributed by atoms with van der Waals surface area (Å²) in [5.74, 6) is 0.0291. The minimum Gasteiger partial charge on any atom is -0.383 e. The summed E-state index contributed by atoms with van der Waals surface area (Å²) < 4.78 is 0. The summed E-state index contributed by atoms with van der Waals surface area (Å²) in [5, 5.41) is 7.05. The van der Waals surface area contributed by atoms with Gasteiger partial charge in [-0.05, 0) is 18.6 Å². The van der Waals surface area contributed by atoms with Gasteiger partial charge in [0.15, 0.2) is 0 Å². The monoisotopic (exact) mass is 272 g/mol. The molecule has 0 fully saturated rings. The van der Waals surface area contributed by atoms with Crippen LogP contribution in [-0.4, -0.2) is 12.5 Å². The number of halogens is 2. The van der Waals surface area contributed by atoms with E-state index in [4.69, 9.17) is 23.2 Å². The Morgan fingerprint density at radius 3 is 2.59 bits per heavy atom. The van der Waals surface area contributed by atoms with Crippen molar-refractivity contribution in [3.05, 3.63) is 22.2 Å². The molecule has 1 aliphatic rings. The van der Waals surface area contributed by atoms with Crippen molar-refractivity contribution in [2.45, 2.75) is 19.8 Å². The first kappa shape index (κ1) is 12.5. The largest absolute Gasteiger partial charge is 0.383 e. The fraction of sp³-hybridized carbons (Fsp3) is 0.417. The second-order valence-corrected chi connectivity index (χ2v) is 4.98. The van der Waals surface area contributed by atoms with Crippen LogP contribution in [0.3, 0.4) is 0 Å². The van der Waals surface area contributed by atoms with E-state index in [1.54, 1.807) is 12.1 Å². The standard InChI is InChI=1S/C12H14Cl2N2O/c1-2-3-7-6-15-10-4-8(13)9(14)5-11(10)16-12(7)17/h4-5,7,15H,2-3,6H2,1H3,(H,16,17). The third-order valence-corrected chi connectivity index (χ3v) is 3.59. The SMILES string of the molecule is CCCC1CNc2cc(Cl)c(Cl)cc2NC1=O. The molecule has 5 heteroatoms. The Kier molecular flexibility index (Phi) is 3.79. The number of fused-ring (bicyclic) bond motifs is 1. The highest BCUT2D eigenvalue weighted by atomic mass is 35.5. The maximum atomic E-state index is 11.9. The molecule has 2 N–H and O–H groups in total. The molecule has 0 aromatic heterocycles. The molecule has 1 atom stereocenters. The van der Waals surface area contributed by atoms with E-state index in [1.807, 2.05) is 0 Å². The molecule has 0 aliphatic carbocycles. The van der Waals surface area contributed by atoms with E-state index in [1.165, 1.54) is 0 Å². The number of carbonyl (C=O) groups excluding carboxylic acids is 1. The number of carbonyl (C=O) groups is 1. The van der Waals surface area contributed by atoms with Crippen molar-refractivity contribution in [2.75, 3.05) is 17.2 Å². The Bertz CT molecular complexity index is 448. The molecular formula is C12H14Cl2N2O. The smallest absolute Gasteiger partial charge is 0.229 e. The first-order chi connectivity index (χ1) is 8.11. The zero-order valence-electron chi connectivity index (χ0n) is 9.52. The first-order valence-corrected chi connectivity index (χ1v) is 6.41. The molecule has 17 heavy (non-hydrogen) atoms. The number of anilines is 2. The predicted molar refractivity (Wildman–Crippen MR) is 72.0 cm³/mol. The molecule has 0 bridgehead atoms. The summed E-state index contributed by atoms with van der Waals surface area (Å²) in [6.07, 6.45) is 1.85. The molecule has 1 aromatic rings. The van der Waals surface area contributed by atoms with Gasteiger partial charge in [-0.3, -0.25) is 4.79 Å². The van der Waals surface area contributed by atoms with Gasteiger partial charge in [0, 0.05) is 6.54 Å². The van der Waals surface area contributed by atoms with E-state index < -0.39 is 0 Å². The van der Waals surface area contributed by atoms with E-state index >= 15 is 0 Å². The summed E-state index contributed by atoms with van der Waals surface area (Å²) in [6.45, 7) is 2.70. The molecule has 1 unspecified atom stereocenters. The summed E-state index contributed by atoms with van der Waals surface area (Å²) in [5.41, 5.74) is 1.52. The van der Waals surface area contributed by atoms with Crippen LogP contribution in [0.1, 0.15) is 19.8 Å². The van der Waals surface area contributed by atoms with Gasteiger partial charge in [-0.15, -0.1) is 0 Å². The zero-order chi connectivity index (χ0) is 12.4. The minimum atomic E-state index is -0.00930. The van der Waals surface area contributed by atoms with Gasteiger partial charge in [0.2, 0.25) is 5.91 Å². The highest BCUT2D eigenvalue weighted by molar-refractivity contribution is 6.42. The molecule has 1 aliphatic heterocycles. The summed E-state index contributed by atoms with van der Waals surface area (Å²) in [7, 11) is 0. The van der Waals surface area contributed by atoms with Crippen LogP contribution in [0.25, 0.3) is 0 Å². The van der Waals surface area contributed by atoms with Gasteiger partial charge in [0.1, 0.15) is 0 Å². The second-order valence-electron chi connectivity index (χ2n) is 4.17. The maximum Gasteiger partial charge on any atom is 0.229 e. The topological polar surface area (TPSA) is 41.1 Å². The lowest BCUT2D eigenvalue weighted by atomic mass is 10.0. The molecule has 0 saturated carbocycles. The second kappa shape index (κ2) is 5.15. The third kappa shape index (κ3) is 2.67. The quantitative estimate of drug-likeness (QED) is 0.861. The van der Waals surface area contributed by atoms with Crippen LogP contribution in [0.4, 0.5) is 11.4 Å². The van der Waals surface area contributed by atoms with Crippen molar-refractivity contribution >= 4 is 40.5 Å². The van der Waals surface area contributed by atoms with Crippen LogP contribution in [-0.2, 0) is 4.79 Å². The Balaban J connectivity index is 2.28. The number of rotatable bonds is 2. The fourth-order valence-corrected chi connectivity index (χ4v) is 2.27. The van der Waals surface area contributed by atoms with Gasteiger partial charge >= 0.3 is 0 Å². The Morgan fingerprint density at radius 1 is 1.29 bits per heavy atom. The lowest BCUT2D eigenvalue weighted by molar-refractivity contribution is -0.119. The predicted octanol–water partition coefficient (Wildman–Crippen LogP) is 3.77. The van der Waals surface area contributed by atoms with Gasteiger partial charge in [-0.1, -0.05) is 36.5 Å². The third-order valence-electron chi connectivity index (χ3n) is 2.87. The molecule has 2 rings (SSSR count). The van der Waals surface area contributed by atoms with E-state index in [2.05, 4.69) is 17.6 Å². The molecule has 0 spiro atoms. The first-order valence-electron chi connectivity index (χ1n) is 5.65. The van der Waals surface area contributed by atoms with E-state index in [0.29, 0.717) is 22.3 Å². The van der Waals surface area contributed by atoms with Crippen molar-refractivity contribution < 1.29 is 4.79 Å². The molecule has 1 aromatic carbocycles. The molecule has 92 valence electrons. The Morgan fingerprint density at radius 2 is 1.94 bits per heavy atom. The van der Waals surface area contributed by atoms with Crippen LogP contribution in [0.5, 0.6) is 0 Å². The van der Waals surface area contributed by atoms with Gasteiger partial charge in [-0.2, -0.15) is 0 Å². The summed E-state index contributed by atoms with van der Waals surface area (Å²) >= 11 is 11.9. The van der Waals surface area contributed by atoms with Crippen LogP contribution >= 0.6 is 23.2 Å². The fourth-order valence-electron chi connectivity index (χ4n) is 1.94. The highest BCUT2D eigenvalue weighted by Crippen LogP contribution is 2.34. The van der Waals surface area contributed by atoms with Crippen LogP contribution in [0, 0.1) is 5.92 Å². The molecule has 0 radical (unpaired) electrons. The summed E-state index contributed by atoms with van der Waals surface area (Å²) in [4.78, 5) is 11.9. The van der Waals surface area contributed by atoms with Crippen molar-refractivity contribution in [1.29, 1.82) is 0 Å². The molecule has 3 nitrogen and oxygen atoms in total. The van der Waals surface area contributed by atoms with Crippen molar-refractivity contribution in [3.8, 4) is 0 Å². The maximum absolute atomic E-state index is 11.9. The lowest BCUT2D eigenvalue weighted by Gasteiger charge is -2.11. The van der Waals surface area contributed by atoms with Crippen molar-refractivity contribution in [1.82, 2.24) is 0 Å². The molecule has 1 heterocycles. The van der Waals surface area contributed by atoms with Gasteiger partial charge in [-0.25, -0.2) is 0 Å². The number of amides is 1. The van der Waals surface area contributed by atoms with E-state index in [0.717, 1.165) is 18.5 Å². The van der Waals surface area contributed by atoms with Crippen molar-refractivity contribution in [2.24, 2.45) is 5.92 Å². The number of nitrogens with one attached hydrogen (secondary N) is 2. The number of benzene rings is 1. The molecular weight excluding hydrogens is 259 g/mol. The number of hydrogen-bond donors (Lipinski definition) is 2. The highest BCUT2D eigenvalue weighted by Gasteiger charge is 2.23. The summed E-state index contributed by atoms with van der Waals surface area (Å²) in [6, 6.07) is 3.42. The van der Waals surface area contributed by atoms with Gasteiger partial charge in [0.25, 0.3) is 0 Å². The van der Waals surface area contributed by atoms with Crippen molar-refractivity contribution in [3.63, 3.8) is 0 Å². The Hall–Kier alpha value is -0.930. The molecule has 0 saturated heterocycles. The Labute approximate surface area is 110 Å².